The lowest BCUT2D eigenvalue weighted by atomic mass is 10.1. The Morgan fingerprint density at radius 2 is 1.52 bits per heavy atom. The van der Waals surface area contributed by atoms with E-state index in [0.29, 0.717) is 13.0 Å². The fourth-order valence-corrected chi connectivity index (χ4v) is 2.13. The summed E-state index contributed by atoms with van der Waals surface area (Å²) < 4.78 is 11.3. The predicted molar refractivity (Wildman–Crippen MR) is 91.0 cm³/mol. The molecule has 0 spiro atoms. The molecule has 0 heterocycles. The Labute approximate surface area is 138 Å². The first-order valence-electron chi connectivity index (χ1n) is 8.47. The van der Waals surface area contributed by atoms with Gasteiger partial charge in [0.25, 0.3) is 0 Å². The molecule has 5 nitrogen and oxygen atoms in total. The van der Waals surface area contributed by atoms with Gasteiger partial charge in [0.1, 0.15) is 17.5 Å². The molecule has 5 heteroatoms. The van der Waals surface area contributed by atoms with Crippen molar-refractivity contribution in [3.8, 4) is 11.5 Å². The number of ether oxygens (including phenoxy) is 2. The summed E-state index contributed by atoms with van der Waals surface area (Å²) >= 11 is 0. The zero-order chi connectivity index (χ0) is 16.9. The number of carboxylic acid groups (broad SMARTS) is 1. The van der Waals surface area contributed by atoms with Crippen LogP contribution < -0.4 is 15.2 Å². The van der Waals surface area contributed by atoms with Crippen LogP contribution >= 0.6 is 0 Å². The van der Waals surface area contributed by atoms with Crippen LogP contribution in [0.15, 0.2) is 24.3 Å². The number of unbranched alkanes of at least 4 members (excludes halogenated alkanes) is 4. The SMILES string of the molecule is CCCCCCOc1ccc(OCCCCC(N)C(=O)O)cc1. The topological polar surface area (TPSA) is 81.8 Å². The molecular formula is C18H29NO4. The Bertz CT molecular complexity index is 433. The third kappa shape index (κ3) is 9.08. The Hall–Kier alpha value is -1.75. The molecule has 0 aliphatic carbocycles. The van der Waals surface area contributed by atoms with E-state index < -0.39 is 12.0 Å². The average Bonchev–Trinajstić information content (AvgIpc) is 2.55. The highest BCUT2D eigenvalue weighted by Gasteiger charge is 2.09. The number of carbonyl (C=O) groups is 1. The first-order chi connectivity index (χ1) is 11.1. The number of nitrogens with two attached hydrogens (primary N) is 1. The lowest BCUT2D eigenvalue weighted by Crippen LogP contribution is -2.29. The van der Waals surface area contributed by atoms with Crippen molar-refractivity contribution in [2.45, 2.75) is 57.9 Å². The average molecular weight is 323 g/mol. The Morgan fingerprint density at radius 1 is 1.00 bits per heavy atom. The van der Waals surface area contributed by atoms with E-state index in [9.17, 15) is 4.79 Å². The highest BCUT2D eigenvalue weighted by Crippen LogP contribution is 2.18. The molecular weight excluding hydrogens is 294 g/mol. The van der Waals surface area contributed by atoms with Gasteiger partial charge in [-0.2, -0.15) is 0 Å². The highest BCUT2D eigenvalue weighted by atomic mass is 16.5. The minimum absolute atomic E-state index is 0.476. The van der Waals surface area contributed by atoms with Crippen LogP contribution in [-0.4, -0.2) is 30.3 Å². The summed E-state index contributed by atoms with van der Waals surface area (Å²) in [6, 6.07) is 6.84. The van der Waals surface area contributed by atoms with Gasteiger partial charge in [-0.05, 0) is 49.9 Å². The van der Waals surface area contributed by atoms with E-state index in [1.165, 1.54) is 19.3 Å². The van der Waals surface area contributed by atoms with Gasteiger partial charge in [0.05, 0.1) is 13.2 Å². The molecule has 23 heavy (non-hydrogen) atoms. The summed E-state index contributed by atoms with van der Waals surface area (Å²) in [5.41, 5.74) is 5.44. The lowest BCUT2D eigenvalue weighted by molar-refractivity contribution is -0.138. The zero-order valence-electron chi connectivity index (χ0n) is 14.0. The molecule has 1 aromatic carbocycles. The molecule has 0 saturated heterocycles. The van der Waals surface area contributed by atoms with Crippen LogP contribution in [0.3, 0.4) is 0 Å². The fraction of sp³-hybridized carbons (Fsp3) is 0.611. The lowest BCUT2D eigenvalue weighted by Gasteiger charge is -2.09. The predicted octanol–water partition coefficient (Wildman–Crippen LogP) is 3.61. The molecule has 0 fully saturated rings. The van der Waals surface area contributed by atoms with E-state index in [2.05, 4.69) is 6.92 Å². The van der Waals surface area contributed by atoms with Crippen LogP contribution in [0.1, 0.15) is 51.9 Å². The second-order valence-electron chi connectivity index (χ2n) is 5.67. The van der Waals surface area contributed by atoms with Gasteiger partial charge in [0.2, 0.25) is 0 Å². The number of benzene rings is 1. The molecule has 1 aromatic rings. The minimum atomic E-state index is -0.948. The van der Waals surface area contributed by atoms with Gasteiger partial charge in [-0.3, -0.25) is 4.79 Å². The van der Waals surface area contributed by atoms with Gasteiger partial charge in [-0.1, -0.05) is 26.2 Å². The van der Waals surface area contributed by atoms with Crippen molar-refractivity contribution >= 4 is 5.97 Å². The number of aliphatic carboxylic acids is 1. The van der Waals surface area contributed by atoms with Crippen LogP contribution in [0.4, 0.5) is 0 Å². The first-order valence-corrected chi connectivity index (χ1v) is 8.47. The third-order valence-electron chi connectivity index (χ3n) is 3.59. The van der Waals surface area contributed by atoms with Crippen LogP contribution in [0.25, 0.3) is 0 Å². The quantitative estimate of drug-likeness (QED) is 0.542. The Balaban J connectivity index is 2.13. The number of carboxylic acids is 1. The molecule has 1 unspecified atom stereocenters. The summed E-state index contributed by atoms with van der Waals surface area (Å²) in [5, 5.41) is 8.68. The molecule has 3 N–H and O–H groups in total. The first kappa shape index (κ1) is 19.3. The third-order valence-corrected chi connectivity index (χ3v) is 3.59. The van der Waals surface area contributed by atoms with Gasteiger partial charge in [-0.25, -0.2) is 0 Å². The highest BCUT2D eigenvalue weighted by molar-refractivity contribution is 5.72. The number of hydrogen-bond donors (Lipinski definition) is 2. The van der Waals surface area contributed by atoms with Crippen LogP contribution in [0, 0.1) is 0 Å². The summed E-state index contributed by atoms with van der Waals surface area (Å²) in [5.74, 6) is 0.711. The van der Waals surface area contributed by atoms with Gasteiger partial charge < -0.3 is 20.3 Å². The van der Waals surface area contributed by atoms with Crippen LogP contribution in [0.2, 0.25) is 0 Å². The maximum atomic E-state index is 10.6. The molecule has 0 saturated carbocycles. The molecule has 130 valence electrons. The molecule has 0 aliphatic rings. The summed E-state index contributed by atoms with van der Waals surface area (Å²) in [4.78, 5) is 10.6. The summed E-state index contributed by atoms with van der Waals surface area (Å²) in [6.45, 7) is 3.51. The second kappa shape index (κ2) is 11.8. The van der Waals surface area contributed by atoms with E-state index in [-0.39, 0.29) is 0 Å². The smallest absolute Gasteiger partial charge is 0.320 e. The van der Waals surface area contributed by atoms with E-state index in [1.54, 1.807) is 0 Å². The van der Waals surface area contributed by atoms with E-state index in [1.807, 2.05) is 24.3 Å². The normalized spacial score (nSPS) is 11.9. The zero-order valence-corrected chi connectivity index (χ0v) is 14.0. The Morgan fingerprint density at radius 3 is 2.00 bits per heavy atom. The molecule has 0 bridgehead atoms. The van der Waals surface area contributed by atoms with Gasteiger partial charge in [0, 0.05) is 0 Å². The van der Waals surface area contributed by atoms with Crippen molar-refractivity contribution in [2.24, 2.45) is 5.73 Å². The largest absolute Gasteiger partial charge is 0.494 e. The van der Waals surface area contributed by atoms with Crippen molar-refractivity contribution in [3.05, 3.63) is 24.3 Å². The molecule has 0 amide bonds. The van der Waals surface area contributed by atoms with Crippen molar-refractivity contribution in [3.63, 3.8) is 0 Å². The summed E-state index contributed by atoms with van der Waals surface area (Å²) in [6.07, 6.45) is 6.79. The van der Waals surface area contributed by atoms with Gasteiger partial charge >= 0.3 is 5.97 Å². The minimum Gasteiger partial charge on any atom is -0.494 e. The van der Waals surface area contributed by atoms with Crippen LogP contribution in [0.5, 0.6) is 11.5 Å². The second-order valence-corrected chi connectivity index (χ2v) is 5.67. The molecule has 0 aromatic heterocycles. The van der Waals surface area contributed by atoms with Crippen molar-refractivity contribution in [2.75, 3.05) is 13.2 Å². The maximum absolute atomic E-state index is 10.6. The monoisotopic (exact) mass is 323 g/mol. The van der Waals surface area contributed by atoms with Gasteiger partial charge in [-0.15, -0.1) is 0 Å². The molecule has 1 atom stereocenters. The number of rotatable bonds is 13. The van der Waals surface area contributed by atoms with Crippen LogP contribution in [-0.2, 0) is 4.79 Å². The molecule has 1 rings (SSSR count). The molecule has 0 aliphatic heterocycles. The maximum Gasteiger partial charge on any atom is 0.320 e. The van der Waals surface area contributed by atoms with E-state index in [0.717, 1.165) is 37.4 Å². The van der Waals surface area contributed by atoms with E-state index >= 15 is 0 Å². The standard InChI is InChI=1S/C18H29NO4/c1-2-3-4-6-13-22-15-9-11-16(12-10-15)23-14-7-5-8-17(19)18(20)21/h9-12,17H,2-8,13-14,19H2,1H3,(H,20,21). The van der Waals surface area contributed by atoms with Gasteiger partial charge in [0.15, 0.2) is 0 Å². The summed E-state index contributed by atoms with van der Waals surface area (Å²) in [7, 11) is 0. The van der Waals surface area contributed by atoms with E-state index in [4.69, 9.17) is 20.3 Å². The Kier molecular flexibility index (Phi) is 9.87. The number of hydrogen-bond acceptors (Lipinski definition) is 4. The molecule has 0 radical (unpaired) electrons. The van der Waals surface area contributed by atoms with Crippen molar-refractivity contribution < 1.29 is 19.4 Å². The fourth-order valence-electron chi connectivity index (χ4n) is 2.13. The van der Waals surface area contributed by atoms with Crippen molar-refractivity contribution in [1.82, 2.24) is 0 Å². The van der Waals surface area contributed by atoms with Crippen molar-refractivity contribution in [1.29, 1.82) is 0 Å².